The molecule has 0 bridgehead atoms. The quantitative estimate of drug-likeness (QED) is 0.493. The first-order chi connectivity index (χ1) is 8.37. The number of anilines is 1. The Balaban J connectivity index is 2.23. The zero-order valence-corrected chi connectivity index (χ0v) is 10.6. The van der Waals surface area contributed by atoms with Crippen LogP contribution in [-0.4, -0.2) is 40.9 Å². The minimum Gasteiger partial charge on any atom is -0.360 e. The Morgan fingerprint density at radius 3 is 2.83 bits per heavy atom. The van der Waals surface area contributed by atoms with E-state index in [9.17, 15) is 18.5 Å². The van der Waals surface area contributed by atoms with Gasteiger partial charge in [0.1, 0.15) is 6.20 Å². The average molecular weight is 293 g/mol. The highest BCUT2D eigenvalue weighted by atomic mass is 35.5. The van der Waals surface area contributed by atoms with Gasteiger partial charge in [-0.15, -0.1) is 0 Å². The molecule has 0 spiro atoms. The number of rotatable bonds is 3. The van der Waals surface area contributed by atoms with E-state index in [1.54, 1.807) is 0 Å². The van der Waals surface area contributed by atoms with E-state index >= 15 is 0 Å². The van der Waals surface area contributed by atoms with Crippen molar-refractivity contribution < 1.29 is 13.3 Å². The molecular weight excluding hydrogens is 284 g/mol. The third kappa shape index (κ3) is 2.85. The summed E-state index contributed by atoms with van der Waals surface area (Å²) in [5.41, 5.74) is -0.330. The fourth-order valence-corrected chi connectivity index (χ4v) is 3.50. The maximum atomic E-state index is 11.3. The summed E-state index contributed by atoms with van der Waals surface area (Å²) in [5, 5.41) is 13.4. The number of nitro groups is 1. The highest BCUT2D eigenvalue weighted by Crippen LogP contribution is 2.25. The maximum Gasteiger partial charge on any atom is 0.329 e. The predicted molar refractivity (Wildman–Crippen MR) is 64.4 cm³/mol. The van der Waals surface area contributed by atoms with Crippen LogP contribution in [0.3, 0.4) is 0 Å². The molecule has 1 aliphatic heterocycles. The van der Waals surface area contributed by atoms with Gasteiger partial charge in [0.2, 0.25) is 11.1 Å². The topological polar surface area (TPSA) is 115 Å². The molecule has 0 radical (unpaired) electrons. The van der Waals surface area contributed by atoms with Crippen molar-refractivity contribution in [1.29, 1.82) is 0 Å². The van der Waals surface area contributed by atoms with Crippen LogP contribution >= 0.6 is 11.6 Å². The highest BCUT2D eigenvalue weighted by Gasteiger charge is 2.30. The molecule has 1 aromatic heterocycles. The van der Waals surface area contributed by atoms with Crippen LogP contribution in [0.2, 0.25) is 5.28 Å². The molecule has 10 heteroatoms. The van der Waals surface area contributed by atoms with Gasteiger partial charge in [-0.2, -0.15) is 4.98 Å². The summed E-state index contributed by atoms with van der Waals surface area (Å²) in [6.45, 7) is 0. The molecule has 1 fully saturated rings. The summed E-state index contributed by atoms with van der Waals surface area (Å²) in [6.07, 6.45) is 1.38. The molecule has 1 aromatic rings. The lowest BCUT2D eigenvalue weighted by Gasteiger charge is -2.11. The second-order valence-electron chi connectivity index (χ2n) is 3.87. The van der Waals surface area contributed by atoms with Crippen LogP contribution in [0, 0.1) is 10.1 Å². The van der Waals surface area contributed by atoms with Gasteiger partial charge in [0.25, 0.3) is 0 Å². The number of nitrogens with one attached hydrogen (secondary N) is 1. The molecule has 0 aromatic carbocycles. The molecule has 98 valence electrons. The second kappa shape index (κ2) is 4.65. The van der Waals surface area contributed by atoms with E-state index in [4.69, 9.17) is 11.6 Å². The minimum absolute atomic E-state index is 0.0536. The van der Waals surface area contributed by atoms with Crippen molar-refractivity contribution >= 4 is 32.9 Å². The first-order valence-electron chi connectivity index (χ1n) is 5.01. The van der Waals surface area contributed by atoms with E-state index < -0.39 is 14.8 Å². The molecule has 1 unspecified atom stereocenters. The summed E-state index contributed by atoms with van der Waals surface area (Å²) >= 11 is 5.56. The molecule has 0 saturated carbocycles. The van der Waals surface area contributed by atoms with Gasteiger partial charge >= 0.3 is 5.69 Å². The lowest BCUT2D eigenvalue weighted by atomic mass is 10.2. The van der Waals surface area contributed by atoms with Crippen LogP contribution in [0.5, 0.6) is 0 Å². The standard InChI is InChI=1S/C8H9ClN4O4S/c9-8-10-3-6(13(14)15)7(12-8)11-5-1-2-18(16,17)4-5/h3,5H,1-2,4H2,(H,10,11,12). The fourth-order valence-electron chi connectivity index (χ4n) is 1.70. The Morgan fingerprint density at radius 2 is 2.28 bits per heavy atom. The molecule has 2 heterocycles. The maximum absolute atomic E-state index is 11.3. The fraction of sp³-hybridized carbons (Fsp3) is 0.500. The Hall–Kier alpha value is -1.48. The van der Waals surface area contributed by atoms with Crippen molar-refractivity contribution in [3.05, 3.63) is 21.6 Å². The van der Waals surface area contributed by atoms with Crippen molar-refractivity contribution in [2.75, 3.05) is 16.8 Å². The van der Waals surface area contributed by atoms with Crippen molar-refractivity contribution in [2.24, 2.45) is 0 Å². The van der Waals surface area contributed by atoms with Crippen LogP contribution in [0.25, 0.3) is 0 Å². The molecule has 0 amide bonds. The monoisotopic (exact) mass is 292 g/mol. The summed E-state index contributed by atoms with van der Waals surface area (Å²) < 4.78 is 22.6. The van der Waals surface area contributed by atoms with Gasteiger partial charge in [-0.3, -0.25) is 10.1 Å². The molecule has 1 aliphatic rings. The van der Waals surface area contributed by atoms with E-state index in [0.29, 0.717) is 6.42 Å². The zero-order valence-electron chi connectivity index (χ0n) is 9.04. The van der Waals surface area contributed by atoms with E-state index in [1.165, 1.54) is 0 Å². The summed E-state index contributed by atoms with van der Waals surface area (Å²) in [7, 11) is -3.07. The highest BCUT2D eigenvalue weighted by molar-refractivity contribution is 7.91. The smallest absolute Gasteiger partial charge is 0.329 e. The van der Waals surface area contributed by atoms with Gasteiger partial charge in [0.05, 0.1) is 16.4 Å². The van der Waals surface area contributed by atoms with Gasteiger partial charge in [0.15, 0.2) is 9.84 Å². The van der Waals surface area contributed by atoms with Gasteiger partial charge in [0, 0.05) is 6.04 Å². The molecule has 18 heavy (non-hydrogen) atoms. The van der Waals surface area contributed by atoms with Crippen molar-refractivity contribution in [1.82, 2.24) is 9.97 Å². The molecule has 0 aliphatic carbocycles. The Kier molecular flexibility index (Phi) is 3.35. The molecule has 1 atom stereocenters. The third-order valence-corrected chi connectivity index (χ3v) is 4.46. The lowest BCUT2D eigenvalue weighted by molar-refractivity contribution is -0.384. The molecule has 2 rings (SSSR count). The zero-order chi connectivity index (χ0) is 13.3. The Labute approximate surface area is 107 Å². The Bertz CT molecular complexity index is 591. The second-order valence-corrected chi connectivity index (χ2v) is 6.44. The number of nitrogens with zero attached hydrogens (tertiary/aromatic N) is 3. The number of hydrogen-bond acceptors (Lipinski definition) is 7. The molecule has 1 N–H and O–H groups in total. The normalized spacial score (nSPS) is 21.7. The molecule has 8 nitrogen and oxygen atoms in total. The predicted octanol–water partition coefficient (Wildman–Crippen LogP) is 0.637. The Morgan fingerprint density at radius 1 is 1.56 bits per heavy atom. The first-order valence-corrected chi connectivity index (χ1v) is 7.21. The van der Waals surface area contributed by atoms with E-state index in [0.717, 1.165) is 6.20 Å². The third-order valence-electron chi connectivity index (χ3n) is 2.51. The van der Waals surface area contributed by atoms with Crippen molar-refractivity contribution in [3.8, 4) is 0 Å². The summed E-state index contributed by atoms with van der Waals surface area (Å²) in [6, 6.07) is -0.389. The van der Waals surface area contributed by atoms with Gasteiger partial charge in [-0.1, -0.05) is 0 Å². The van der Waals surface area contributed by atoms with Crippen LogP contribution in [0.4, 0.5) is 11.5 Å². The molecular formula is C8H9ClN4O4S. The van der Waals surface area contributed by atoms with E-state index in [-0.39, 0.29) is 34.3 Å². The number of halogens is 1. The first kappa shape index (κ1) is 13.0. The van der Waals surface area contributed by atoms with Crippen LogP contribution in [0.1, 0.15) is 6.42 Å². The summed E-state index contributed by atoms with van der Waals surface area (Å²) in [4.78, 5) is 17.3. The van der Waals surface area contributed by atoms with Crippen molar-refractivity contribution in [3.63, 3.8) is 0 Å². The van der Waals surface area contributed by atoms with Gasteiger partial charge in [-0.05, 0) is 18.0 Å². The summed E-state index contributed by atoms with van der Waals surface area (Å²) in [5.74, 6) is -0.0506. The minimum atomic E-state index is -3.07. The molecule has 1 saturated heterocycles. The van der Waals surface area contributed by atoms with E-state index in [1.807, 2.05) is 0 Å². The largest absolute Gasteiger partial charge is 0.360 e. The van der Waals surface area contributed by atoms with Crippen LogP contribution in [0.15, 0.2) is 6.20 Å². The van der Waals surface area contributed by atoms with Gasteiger partial charge in [-0.25, -0.2) is 13.4 Å². The average Bonchev–Trinajstić information content (AvgIpc) is 2.57. The van der Waals surface area contributed by atoms with Gasteiger partial charge < -0.3 is 5.32 Å². The van der Waals surface area contributed by atoms with Crippen molar-refractivity contribution in [2.45, 2.75) is 12.5 Å². The number of sulfone groups is 1. The number of hydrogen-bond donors (Lipinski definition) is 1. The SMILES string of the molecule is O=[N+]([O-])c1cnc(Cl)nc1NC1CCS(=O)(=O)C1. The van der Waals surface area contributed by atoms with Crippen LogP contribution < -0.4 is 5.32 Å². The van der Waals surface area contributed by atoms with E-state index in [2.05, 4.69) is 15.3 Å². The van der Waals surface area contributed by atoms with Crippen LogP contribution in [-0.2, 0) is 9.84 Å². The lowest BCUT2D eigenvalue weighted by Crippen LogP contribution is -2.22. The number of aromatic nitrogens is 2.